The van der Waals surface area contributed by atoms with E-state index in [0.29, 0.717) is 5.92 Å². The van der Waals surface area contributed by atoms with Gasteiger partial charge in [-0.2, -0.15) is 5.26 Å². The Bertz CT molecular complexity index is 600. The standard InChI is InChI=1S/C21H26FN/c1-2-3-4-15-5-6-17-12-18(8-7-16(17)11-15)19-9-10-20(14-23)21(22)13-19/h2,9-10,13,15-18H,1,3-8,11-12H2/t15-,16-,17-,18-/m1/s1. The van der Waals surface area contributed by atoms with Crippen LogP contribution in [0, 0.1) is 34.9 Å². The highest BCUT2D eigenvalue weighted by atomic mass is 19.1. The molecule has 0 unspecified atom stereocenters. The Morgan fingerprint density at radius 1 is 1.17 bits per heavy atom. The highest BCUT2D eigenvalue weighted by Crippen LogP contribution is 2.48. The van der Waals surface area contributed by atoms with Gasteiger partial charge in [0.1, 0.15) is 11.9 Å². The molecule has 2 fully saturated rings. The highest BCUT2D eigenvalue weighted by Gasteiger charge is 2.35. The molecule has 0 N–H and O–H groups in total. The van der Waals surface area contributed by atoms with Crippen LogP contribution in [-0.2, 0) is 0 Å². The molecule has 3 rings (SSSR count). The maximum atomic E-state index is 13.9. The van der Waals surface area contributed by atoms with Gasteiger partial charge in [0.2, 0.25) is 0 Å². The van der Waals surface area contributed by atoms with Gasteiger partial charge < -0.3 is 0 Å². The monoisotopic (exact) mass is 311 g/mol. The van der Waals surface area contributed by atoms with Crippen LogP contribution in [0.5, 0.6) is 0 Å². The maximum absolute atomic E-state index is 13.9. The van der Waals surface area contributed by atoms with Gasteiger partial charge in [-0.1, -0.05) is 18.6 Å². The number of nitrogens with zero attached hydrogens (tertiary/aromatic N) is 1. The van der Waals surface area contributed by atoms with Gasteiger partial charge >= 0.3 is 0 Å². The zero-order valence-electron chi connectivity index (χ0n) is 13.8. The summed E-state index contributed by atoms with van der Waals surface area (Å²) in [7, 11) is 0. The third-order valence-electron chi connectivity index (χ3n) is 6.09. The summed E-state index contributed by atoms with van der Waals surface area (Å²) in [5.74, 6) is 2.69. The van der Waals surface area contributed by atoms with Crippen molar-refractivity contribution in [1.82, 2.24) is 0 Å². The summed E-state index contributed by atoms with van der Waals surface area (Å²) in [6.45, 7) is 3.84. The largest absolute Gasteiger partial charge is 0.206 e. The molecular formula is C21H26FN. The Hall–Kier alpha value is -1.62. The minimum atomic E-state index is -0.361. The van der Waals surface area contributed by atoms with Gasteiger partial charge in [0, 0.05) is 0 Å². The predicted octanol–water partition coefficient (Wildman–Crippen LogP) is 5.96. The van der Waals surface area contributed by atoms with Crippen LogP contribution in [0.25, 0.3) is 0 Å². The molecule has 1 aromatic rings. The quantitative estimate of drug-likeness (QED) is 0.629. The van der Waals surface area contributed by atoms with Crippen LogP contribution in [0.3, 0.4) is 0 Å². The number of rotatable bonds is 4. The number of fused-ring (bicyclic) bond motifs is 1. The number of benzene rings is 1. The summed E-state index contributed by atoms with van der Waals surface area (Å²) >= 11 is 0. The van der Waals surface area contributed by atoms with Gasteiger partial charge in [-0.15, -0.1) is 6.58 Å². The van der Waals surface area contributed by atoms with Crippen molar-refractivity contribution in [2.75, 3.05) is 0 Å². The van der Waals surface area contributed by atoms with Crippen LogP contribution in [0.15, 0.2) is 30.9 Å². The van der Waals surface area contributed by atoms with E-state index in [0.717, 1.165) is 29.7 Å². The zero-order valence-corrected chi connectivity index (χ0v) is 13.8. The van der Waals surface area contributed by atoms with Crippen LogP contribution in [0.1, 0.15) is 68.4 Å². The second-order valence-corrected chi connectivity index (χ2v) is 7.43. The van der Waals surface area contributed by atoms with Crippen molar-refractivity contribution in [2.45, 2.75) is 57.3 Å². The van der Waals surface area contributed by atoms with E-state index in [1.807, 2.05) is 18.2 Å². The third-order valence-corrected chi connectivity index (χ3v) is 6.09. The van der Waals surface area contributed by atoms with Crippen molar-refractivity contribution < 1.29 is 4.39 Å². The summed E-state index contributed by atoms with van der Waals surface area (Å²) < 4.78 is 13.9. The summed E-state index contributed by atoms with van der Waals surface area (Å²) in [6, 6.07) is 7.11. The van der Waals surface area contributed by atoms with Crippen molar-refractivity contribution in [3.8, 4) is 6.07 Å². The molecule has 1 aromatic carbocycles. The van der Waals surface area contributed by atoms with Gasteiger partial charge in [0.05, 0.1) is 5.56 Å². The van der Waals surface area contributed by atoms with Crippen LogP contribution in [0.4, 0.5) is 4.39 Å². The molecule has 0 amide bonds. The number of halogens is 1. The maximum Gasteiger partial charge on any atom is 0.141 e. The van der Waals surface area contributed by atoms with Crippen LogP contribution in [-0.4, -0.2) is 0 Å². The van der Waals surface area contributed by atoms with Crippen molar-refractivity contribution in [3.05, 3.63) is 47.8 Å². The lowest BCUT2D eigenvalue weighted by atomic mass is 9.63. The van der Waals surface area contributed by atoms with Gasteiger partial charge in [-0.3, -0.25) is 0 Å². The Balaban J connectivity index is 1.62. The Labute approximate surface area is 139 Å². The second-order valence-electron chi connectivity index (χ2n) is 7.43. The van der Waals surface area contributed by atoms with Crippen molar-refractivity contribution in [2.24, 2.45) is 17.8 Å². The molecule has 2 saturated carbocycles. The van der Waals surface area contributed by atoms with Gasteiger partial charge in [-0.05, 0) is 86.3 Å². The molecule has 4 atom stereocenters. The lowest BCUT2D eigenvalue weighted by Crippen LogP contribution is -2.30. The van der Waals surface area contributed by atoms with E-state index in [4.69, 9.17) is 5.26 Å². The SMILES string of the molecule is C=CCC[C@@H]1CC[C@@H]2C[C@H](c3ccc(C#N)c(F)c3)CC[C@@H]2C1. The molecule has 1 nitrogen and oxygen atoms in total. The minimum Gasteiger partial charge on any atom is -0.206 e. The third kappa shape index (κ3) is 3.66. The van der Waals surface area contributed by atoms with E-state index in [-0.39, 0.29) is 11.4 Å². The summed E-state index contributed by atoms with van der Waals surface area (Å²) in [5.41, 5.74) is 1.25. The van der Waals surface area contributed by atoms with E-state index < -0.39 is 0 Å². The highest BCUT2D eigenvalue weighted by molar-refractivity contribution is 5.35. The summed E-state index contributed by atoms with van der Waals surface area (Å²) in [5, 5.41) is 8.86. The lowest BCUT2D eigenvalue weighted by Gasteiger charge is -2.42. The zero-order chi connectivity index (χ0) is 16.2. The van der Waals surface area contributed by atoms with E-state index in [9.17, 15) is 4.39 Å². The van der Waals surface area contributed by atoms with Crippen LogP contribution in [0.2, 0.25) is 0 Å². The number of nitriles is 1. The molecule has 2 heteroatoms. The van der Waals surface area contributed by atoms with Gasteiger partial charge in [0.15, 0.2) is 0 Å². The van der Waals surface area contributed by atoms with Crippen LogP contribution < -0.4 is 0 Å². The van der Waals surface area contributed by atoms with Gasteiger partial charge in [0.25, 0.3) is 0 Å². The number of hydrogen-bond acceptors (Lipinski definition) is 1. The fraction of sp³-hybridized carbons (Fsp3) is 0.571. The average Bonchev–Trinajstić information content (AvgIpc) is 2.59. The first-order valence-electron chi connectivity index (χ1n) is 9.01. The van der Waals surface area contributed by atoms with E-state index in [2.05, 4.69) is 6.58 Å². The lowest BCUT2D eigenvalue weighted by molar-refractivity contribution is 0.115. The Kier molecular flexibility index (Phi) is 5.16. The summed E-state index contributed by atoms with van der Waals surface area (Å²) in [6.07, 6.45) is 12.2. The predicted molar refractivity (Wildman–Crippen MR) is 91.5 cm³/mol. The molecule has 0 bridgehead atoms. The smallest absolute Gasteiger partial charge is 0.141 e. The second kappa shape index (κ2) is 7.30. The molecule has 122 valence electrons. The molecule has 0 aliphatic heterocycles. The molecule has 23 heavy (non-hydrogen) atoms. The molecule has 0 radical (unpaired) electrons. The minimum absolute atomic E-state index is 0.158. The molecule has 2 aliphatic carbocycles. The first-order valence-corrected chi connectivity index (χ1v) is 9.01. The molecule has 0 spiro atoms. The van der Waals surface area contributed by atoms with E-state index in [1.165, 1.54) is 44.9 Å². The fourth-order valence-electron chi connectivity index (χ4n) is 4.78. The fourth-order valence-corrected chi connectivity index (χ4v) is 4.78. The summed E-state index contributed by atoms with van der Waals surface area (Å²) in [4.78, 5) is 0. The van der Waals surface area contributed by atoms with Crippen molar-refractivity contribution >= 4 is 0 Å². The molecule has 0 saturated heterocycles. The molecular weight excluding hydrogens is 285 g/mol. The molecule has 0 heterocycles. The van der Waals surface area contributed by atoms with Crippen LogP contribution >= 0.6 is 0 Å². The topological polar surface area (TPSA) is 23.8 Å². The van der Waals surface area contributed by atoms with E-state index in [1.54, 1.807) is 12.1 Å². The Morgan fingerprint density at radius 3 is 2.70 bits per heavy atom. The van der Waals surface area contributed by atoms with Crippen molar-refractivity contribution in [1.29, 1.82) is 5.26 Å². The Morgan fingerprint density at radius 2 is 1.96 bits per heavy atom. The molecule has 2 aliphatic rings. The first-order chi connectivity index (χ1) is 11.2. The first kappa shape index (κ1) is 16.2. The number of allylic oxidation sites excluding steroid dienone is 1. The van der Waals surface area contributed by atoms with Gasteiger partial charge in [-0.25, -0.2) is 4.39 Å². The molecule has 0 aromatic heterocycles. The van der Waals surface area contributed by atoms with E-state index >= 15 is 0 Å². The average molecular weight is 311 g/mol. The number of hydrogen-bond donors (Lipinski definition) is 0. The normalized spacial score (nSPS) is 30.3. The van der Waals surface area contributed by atoms with Crippen molar-refractivity contribution in [3.63, 3.8) is 0 Å².